The summed E-state index contributed by atoms with van der Waals surface area (Å²) >= 11 is 0. The van der Waals surface area contributed by atoms with Gasteiger partial charge in [-0.2, -0.15) is 26.3 Å². The van der Waals surface area contributed by atoms with E-state index in [9.17, 15) is 31.1 Å². The average Bonchev–Trinajstić information content (AvgIpc) is 3.47. The SMILES string of the molecule is CCc1nc2ccc(C(F)(F)F)cn2c1C(=O)NCc1ccc(-c2cn3c(n2)C[C@H](C(F)(F)F)CC3)cc1. The van der Waals surface area contributed by atoms with Crippen LogP contribution in [0.15, 0.2) is 48.8 Å². The summed E-state index contributed by atoms with van der Waals surface area (Å²) in [5.41, 5.74) is 1.81. The van der Waals surface area contributed by atoms with Crippen LogP contribution in [-0.2, 0) is 32.1 Å². The third-order valence-electron chi connectivity index (χ3n) is 6.74. The molecule has 38 heavy (non-hydrogen) atoms. The van der Waals surface area contributed by atoms with Gasteiger partial charge in [0, 0.05) is 37.5 Å². The van der Waals surface area contributed by atoms with E-state index >= 15 is 0 Å². The lowest BCUT2D eigenvalue weighted by molar-refractivity contribution is -0.179. The molecule has 1 aliphatic heterocycles. The van der Waals surface area contributed by atoms with Crippen molar-refractivity contribution < 1.29 is 31.1 Å². The van der Waals surface area contributed by atoms with E-state index in [0.717, 1.165) is 27.8 Å². The van der Waals surface area contributed by atoms with Crippen LogP contribution in [0.3, 0.4) is 0 Å². The van der Waals surface area contributed by atoms with E-state index in [0.29, 0.717) is 23.6 Å². The smallest absolute Gasteiger partial charge is 0.347 e. The van der Waals surface area contributed by atoms with E-state index in [4.69, 9.17) is 0 Å². The van der Waals surface area contributed by atoms with Crippen LogP contribution in [0.2, 0.25) is 0 Å². The normalized spacial score (nSPS) is 16.0. The van der Waals surface area contributed by atoms with Gasteiger partial charge in [0.15, 0.2) is 0 Å². The van der Waals surface area contributed by atoms with Gasteiger partial charge in [0.1, 0.15) is 17.2 Å². The fourth-order valence-corrected chi connectivity index (χ4v) is 4.65. The number of rotatable bonds is 5. The molecule has 1 N–H and O–H groups in total. The largest absolute Gasteiger partial charge is 0.417 e. The number of fused-ring (bicyclic) bond motifs is 2. The van der Waals surface area contributed by atoms with Crippen molar-refractivity contribution in [2.45, 2.75) is 51.6 Å². The summed E-state index contributed by atoms with van der Waals surface area (Å²) in [5, 5.41) is 2.74. The summed E-state index contributed by atoms with van der Waals surface area (Å²) < 4.78 is 81.8. The standard InChI is InChI=1S/C26H23F6N5O/c1-2-19-23(37-13-18(26(30,31)32)7-8-21(37)34-19)24(38)33-12-15-3-5-16(6-4-15)20-14-36-10-9-17(25(27,28)29)11-22(36)35-20/h3-8,13-14,17H,2,9-12H2,1H3,(H,33,38)/t17-/m1/s1. The summed E-state index contributed by atoms with van der Waals surface area (Å²) in [5.74, 6) is -1.55. The number of aromatic nitrogens is 4. The first-order valence-corrected chi connectivity index (χ1v) is 12.0. The minimum atomic E-state index is -4.56. The zero-order valence-corrected chi connectivity index (χ0v) is 20.2. The second kappa shape index (κ2) is 9.48. The molecule has 0 bridgehead atoms. The van der Waals surface area contributed by atoms with Gasteiger partial charge in [-0.05, 0) is 30.5 Å². The molecule has 0 spiro atoms. The fourth-order valence-electron chi connectivity index (χ4n) is 4.65. The molecule has 0 saturated carbocycles. The molecule has 6 nitrogen and oxygen atoms in total. The van der Waals surface area contributed by atoms with Gasteiger partial charge in [0.05, 0.1) is 22.9 Å². The molecule has 1 aliphatic rings. The van der Waals surface area contributed by atoms with E-state index in [1.807, 2.05) is 0 Å². The predicted octanol–water partition coefficient (Wildman–Crippen LogP) is 5.83. The second-order valence-electron chi connectivity index (χ2n) is 9.25. The van der Waals surface area contributed by atoms with Gasteiger partial charge in [0.2, 0.25) is 0 Å². The Morgan fingerprint density at radius 2 is 1.76 bits per heavy atom. The fraction of sp³-hybridized carbons (Fsp3) is 0.346. The zero-order chi connectivity index (χ0) is 27.2. The summed E-state index contributed by atoms with van der Waals surface area (Å²) in [6.07, 6.45) is -5.97. The highest BCUT2D eigenvalue weighted by atomic mass is 19.4. The Balaban J connectivity index is 1.30. The zero-order valence-electron chi connectivity index (χ0n) is 20.2. The van der Waals surface area contributed by atoms with Crippen LogP contribution in [0.5, 0.6) is 0 Å². The Bertz CT molecular complexity index is 1480. The first-order chi connectivity index (χ1) is 17.9. The number of carbonyl (C=O) groups is 1. The van der Waals surface area contributed by atoms with E-state index in [1.165, 1.54) is 6.07 Å². The quantitative estimate of drug-likeness (QED) is 0.327. The molecular formula is C26H23F6N5O. The maximum atomic E-state index is 13.2. The first-order valence-electron chi connectivity index (χ1n) is 12.0. The van der Waals surface area contributed by atoms with E-state index in [1.54, 1.807) is 42.0 Å². The van der Waals surface area contributed by atoms with Gasteiger partial charge < -0.3 is 9.88 Å². The number of halogens is 6. The first kappa shape index (κ1) is 25.8. The van der Waals surface area contributed by atoms with E-state index < -0.39 is 29.7 Å². The Morgan fingerprint density at radius 1 is 1.03 bits per heavy atom. The summed E-state index contributed by atoms with van der Waals surface area (Å²) in [4.78, 5) is 21.7. The van der Waals surface area contributed by atoms with Crippen LogP contribution < -0.4 is 5.32 Å². The highest BCUT2D eigenvalue weighted by molar-refractivity contribution is 5.94. The third-order valence-corrected chi connectivity index (χ3v) is 6.74. The molecule has 0 fully saturated rings. The van der Waals surface area contributed by atoms with Crippen LogP contribution in [0, 0.1) is 5.92 Å². The molecule has 1 amide bonds. The molecule has 12 heteroatoms. The molecule has 0 saturated heterocycles. The van der Waals surface area contributed by atoms with Crippen molar-refractivity contribution in [3.63, 3.8) is 0 Å². The van der Waals surface area contributed by atoms with Crippen molar-refractivity contribution in [2.75, 3.05) is 0 Å². The molecule has 5 rings (SSSR count). The lowest BCUT2D eigenvalue weighted by Gasteiger charge is -2.25. The Labute approximate surface area is 213 Å². The van der Waals surface area contributed by atoms with Crippen LogP contribution in [-0.4, -0.2) is 31.0 Å². The minimum Gasteiger partial charge on any atom is -0.347 e. The molecule has 0 aliphatic carbocycles. The topological polar surface area (TPSA) is 64.2 Å². The molecule has 200 valence electrons. The number of hydrogen-bond donors (Lipinski definition) is 1. The molecule has 3 aromatic heterocycles. The van der Waals surface area contributed by atoms with Crippen LogP contribution >= 0.6 is 0 Å². The Morgan fingerprint density at radius 3 is 2.42 bits per heavy atom. The lowest BCUT2D eigenvalue weighted by Crippen LogP contribution is -2.31. The molecule has 1 aromatic carbocycles. The Kier molecular flexibility index (Phi) is 6.44. The van der Waals surface area contributed by atoms with Gasteiger partial charge in [0.25, 0.3) is 5.91 Å². The number of aryl methyl sites for hydroxylation is 2. The average molecular weight is 535 g/mol. The maximum absolute atomic E-state index is 13.2. The number of pyridine rings is 1. The maximum Gasteiger partial charge on any atom is 0.417 e. The van der Waals surface area contributed by atoms with Gasteiger partial charge in [-0.1, -0.05) is 31.2 Å². The molecule has 0 radical (unpaired) electrons. The third kappa shape index (κ3) is 4.99. The number of amides is 1. The predicted molar refractivity (Wildman–Crippen MR) is 126 cm³/mol. The van der Waals surface area contributed by atoms with E-state index in [2.05, 4.69) is 15.3 Å². The van der Waals surface area contributed by atoms with Crippen molar-refractivity contribution in [3.05, 3.63) is 77.1 Å². The van der Waals surface area contributed by atoms with Gasteiger partial charge in [-0.15, -0.1) is 0 Å². The highest BCUT2D eigenvalue weighted by Gasteiger charge is 2.41. The number of alkyl halides is 6. The van der Waals surface area contributed by atoms with Crippen LogP contribution in [0.25, 0.3) is 16.9 Å². The van der Waals surface area contributed by atoms with Gasteiger partial charge in [-0.25, -0.2) is 9.97 Å². The lowest BCUT2D eigenvalue weighted by atomic mass is 9.97. The summed E-state index contributed by atoms with van der Waals surface area (Å²) in [6, 6.07) is 9.19. The van der Waals surface area contributed by atoms with Crippen molar-refractivity contribution in [2.24, 2.45) is 5.92 Å². The van der Waals surface area contributed by atoms with E-state index in [-0.39, 0.29) is 37.3 Å². The van der Waals surface area contributed by atoms with Crippen molar-refractivity contribution in [1.82, 2.24) is 24.3 Å². The van der Waals surface area contributed by atoms with Crippen molar-refractivity contribution in [1.29, 1.82) is 0 Å². The van der Waals surface area contributed by atoms with Crippen molar-refractivity contribution >= 4 is 11.6 Å². The molecular weight excluding hydrogens is 512 g/mol. The molecule has 4 aromatic rings. The van der Waals surface area contributed by atoms with Gasteiger partial charge in [-0.3, -0.25) is 9.20 Å². The molecule has 0 unspecified atom stereocenters. The number of nitrogens with zero attached hydrogens (tertiary/aromatic N) is 4. The monoisotopic (exact) mass is 535 g/mol. The number of hydrogen-bond acceptors (Lipinski definition) is 3. The molecule has 1 atom stereocenters. The number of nitrogens with one attached hydrogen (secondary N) is 1. The summed E-state index contributed by atoms with van der Waals surface area (Å²) in [7, 11) is 0. The number of carbonyl (C=O) groups excluding carboxylic acids is 1. The van der Waals surface area contributed by atoms with Crippen LogP contribution in [0.4, 0.5) is 26.3 Å². The second-order valence-corrected chi connectivity index (χ2v) is 9.25. The van der Waals surface area contributed by atoms with Gasteiger partial charge >= 0.3 is 12.4 Å². The number of imidazole rings is 2. The van der Waals surface area contributed by atoms with Crippen molar-refractivity contribution in [3.8, 4) is 11.3 Å². The highest BCUT2D eigenvalue weighted by Crippen LogP contribution is 2.35. The number of benzene rings is 1. The minimum absolute atomic E-state index is 0.0225. The summed E-state index contributed by atoms with van der Waals surface area (Å²) in [6.45, 7) is 2.13. The molecule has 4 heterocycles. The van der Waals surface area contributed by atoms with Crippen LogP contribution in [0.1, 0.15) is 46.5 Å². The Hall–Kier alpha value is -3.83.